The van der Waals surface area contributed by atoms with Gasteiger partial charge in [0.25, 0.3) is 0 Å². The van der Waals surface area contributed by atoms with E-state index in [-0.39, 0.29) is 17.3 Å². The minimum atomic E-state index is -1.28. The van der Waals surface area contributed by atoms with Crippen molar-refractivity contribution in [3.63, 3.8) is 0 Å². The molecule has 8 heteroatoms. The molecule has 2 aromatic heterocycles. The molecular formula is C25H29ClN2O5. The lowest BCUT2D eigenvalue weighted by Crippen LogP contribution is -2.19. The fraction of sp³-hybridized carbons (Fsp3) is 0.320. The van der Waals surface area contributed by atoms with Crippen LogP contribution in [0.15, 0.2) is 53.5 Å². The maximum Gasteiger partial charge on any atom is 0.341 e. The summed E-state index contributed by atoms with van der Waals surface area (Å²) in [4.78, 5) is 27.7. The van der Waals surface area contributed by atoms with Gasteiger partial charge in [-0.25, -0.2) is 9.78 Å². The Morgan fingerprint density at radius 3 is 2.52 bits per heavy atom. The Labute approximate surface area is 198 Å². The zero-order chi connectivity index (χ0) is 24.4. The molecule has 0 amide bonds. The number of hydrogen-bond acceptors (Lipinski definition) is 5. The number of carboxylic acid groups (broad SMARTS) is 1. The van der Waals surface area contributed by atoms with Crippen LogP contribution in [-0.2, 0) is 13.2 Å². The zero-order valence-corrected chi connectivity index (χ0v) is 20.1. The Hall–Kier alpha value is -3.32. The first-order valence-electron chi connectivity index (χ1n) is 10.9. The maximum absolute atomic E-state index is 12.1. The lowest BCUT2D eigenvalue weighted by Gasteiger charge is -2.13. The largest absolute Gasteiger partial charge is 0.489 e. The van der Waals surface area contributed by atoms with E-state index in [1.807, 2.05) is 44.2 Å². The molecule has 7 nitrogen and oxygen atoms in total. The van der Waals surface area contributed by atoms with E-state index in [0.29, 0.717) is 36.0 Å². The Morgan fingerprint density at radius 2 is 1.88 bits per heavy atom. The maximum atomic E-state index is 12.1. The van der Waals surface area contributed by atoms with Crippen LogP contribution < -0.4 is 14.9 Å². The molecule has 0 saturated heterocycles. The van der Waals surface area contributed by atoms with E-state index < -0.39 is 11.4 Å². The number of hydrogen-bond donors (Lipinski definition) is 1. The van der Waals surface area contributed by atoms with Crippen molar-refractivity contribution in [2.24, 2.45) is 0 Å². The molecule has 3 aromatic rings. The van der Waals surface area contributed by atoms with Gasteiger partial charge in [-0.15, -0.1) is 0 Å². The second-order valence-electron chi connectivity index (χ2n) is 6.89. The van der Waals surface area contributed by atoms with Gasteiger partial charge in [-0.3, -0.25) is 4.79 Å². The number of aromatic nitrogens is 2. The minimum Gasteiger partial charge on any atom is -0.489 e. The summed E-state index contributed by atoms with van der Waals surface area (Å²) in [5.74, 6) is -0.496. The number of rotatable bonds is 4. The van der Waals surface area contributed by atoms with Gasteiger partial charge in [-0.05, 0) is 5.56 Å². The molecule has 33 heavy (non-hydrogen) atoms. The first kappa shape index (κ1) is 25.9. The Kier molecular flexibility index (Phi) is 9.94. The van der Waals surface area contributed by atoms with Gasteiger partial charge in [0.15, 0.2) is 22.1 Å². The number of nitrogens with zero attached hydrogens (tertiary/aromatic N) is 2. The third kappa shape index (κ3) is 6.58. The Bertz CT molecular complexity index is 1130. The molecule has 0 bridgehead atoms. The summed E-state index contributed by atoms with van der Waals surface area (Å²) in [6.07, 6.45) is 2.55. The summed E-state index contributed by atoms with van der Waals surface area (Å²) in [6, 6.07) is 12.5. The van der Waals surface area contributed by atoms with Gasteiger partial charge >= 0.3 is 5.97 Å². The summed E-state index contributed by atoms with van der Waals surface area (Å²) in [6.45, 7) is 9.21. The molecule has 0 aliphatic carbocycles. The predicted molar refractivity (Wildman–Crippen MR) is 129 cm³/mol. The first-order chi connectivity index (χ1) is 15.9. The van der Waals surface area contributed by atoms with Crippen molar-refractivity contribution in [2.45, 2.75) is 47.3 Å². The van der Waals surface area contributed by atoms with Gasteiger partial charge in [0.05, 0.1) is 12.2 Å². The second kappa shape index (κ2) is 12.6. The molecule has 1 aliphatic heterocycles. The van der Waals surface area contributed by atoms with Gasteiger partial charge in [-0.1, -0.05) is 76.0 Å². The van der Waals surface area contributed by atoms with Crippen molar-refractivity contribution < 1.29 is 19.4 Å². The van der Waals surface area contributed by atoms with Crippen LogP contribution in [0.5, 0.6) is 11.5 Å². The minimum absolute atomic E-state index is 0.126. The van der Waals surface area contributed by atoms with E-state index >= 15 is 0 Å². The molecule has 4 rings (SSSR count). The number of fused-ring (bicyclic) bond motifs is 3. The third-order valence-electron chi connectivity index (χ3n) is 4.34. The van der Waals surface area contributed by atoms with E-state index in [2.05, 4.69) is 18.8 Å². The van der Waals surface area contributed by atoms with E-state index in [1.54, 1.807) is 10.6 Å². The van der Waals surface area contributed by atoms with Crippen LogP contribution in [-0.4, -0.2) is 27.2 Å². The van der Waals surface area contributed by atoms with E-state index in [0.717, 1.165) is 5.56 Å². The molecule has 176 valence electrons. The highest BCUT2D eigenvalue weighted by Gasteiger charge is 2.22. The predicted octanol–water partition coefficient (Wildman–Crippen LogP) is 5.68. The summed E-state index contributed by atoms with van der Waals surface area (Å²) in [5, 5.41) is 9.29. The smallest absolute Gasteiger partial charge is 0.341 e. The van der Waals surface area contributed by atoms with E-state index in [9.17, 15) is 9.59 Å². The average molecular weight is 473 g/mol. The van der Waals surface area contributed by atoms with Crippen LogP contribution >= 0.6 is 11.6 Å². The highest BCUT2D eigenvalue weighted by atomic mass is 35.5. The number of aromatic carboxylic acids is 1. The number of carbonyl (C=O) groups is 1. The Morgan fingerprint density at radius 1 is 1.21 bits per heavy atom. The molecule has 0 spiro atoms. The molecule has 0 saturated carbocycles. The van der Waals surface area contributed by atoms with Crippen molar-refractivity contribution in [3.05, 3.63) is 75.2 Å². The molecule has 0 atom stereocenters. The Balaban J connectivity index is 0.000000714. The molecule has 0 unspecified atom stereocenters. The van der Waals surface area contributed by atoms with Gasteiger partial charge in [0, 0.05) is 18.3 Å². The van der Waals surface area contributed by atoms with Gasteiger partial charge < -0.3 is 19.1 Å². The number of halogens is 1. The SMILES string of the molecule is CC.CCC.O=C(O)c1cn2c(cc1=O)-c1nc(Cl)c(OCc3ccccc3)cc1OCC2. The van der Waals surface area contributed by atoms with Crippen LogP contribution in [0.1, 0.15) is 50.0 Å². The normalized spacial score (nSPS) is 11.2. The van der Waals surface area contributed by atoms with Gasteiger partial charge in [0.2, 0.25) is 0 Å². The molecule has 1 aliphatic rings. The van der Waals surface area contributed by atoms with Crippen LogP contribution in [0.25, 0.3) is 11.4 Å². The van der Waals surface area contributed by atoms with Crippen molar-refractivity contribution in [1.82, 2.24) is 9.55 Å². The average Bonchev–Trinajstić information content (AvgIpc) is 2.98. The number of ether oxygens (including phenoxy) is 2. The van der Waals surface area contributed by atoms with E-state index in [1.165, 1.54) is 18.7 Å². The molecule has 1 aromatic carbocycles. The van der Waals surface area contributed by atoms with Crippen molar-refractivity contribution >= 4 is 17.6 Å². The van der Waals surface area contributed by atoms with Crippen LogP contribution in [0.3, 0.4) is 0 Å². The number of pyridine rings is 2. The van der Waals surface area contributed by atoms with Gasteiger partial charge in [-0.2, -0.15) is 0 Å². The molecule has 0 radical (unpaired) electrons. The van der Waals surface area contributed by atoms with Crippen molar-refractivity contribution in [2.75, 3.05) is 6.61 Å². The lowest BCUT2D eigenvalue weighted by atomic mass is 10.1. The number of benzene rings is 1. The molecule has 1 N–H and O–H groups in total. The van der Waals surface area contributed by atoms with Gasteiger partial charge in [0.1, 0.15) is 24.5 Å². The second-order valence-corrected chi connectivity index (χ2v) is 7.25. The van der Waals surface area contributed by atoms with Crippen LogP contribution in [0.2, 0.25) is 5.15 Å². The fourth-order valence-corrected chi connectivity index (χ4v) is 3.16. The summed E-state index contributed by atoms with van der Waals surface area (Å²) >= 11 is 6.30. The number of carboxylic acids is 1. The standard InChI is InChI=1S/C20H15ClN2O5.C3H8.C2H6/c21-19-17(28-11-12-4-2-1-3-5-12)9-16-18(22-19)14-8-15(24)13(20(25)26)10-23(14)6-7-27-16;1-3-2;1-2/h1-5,8-10H,6-7,11H2,(H,25,26);3H2,1-2H3;1-2H3. The quantitative estimate of drug-likeness (QED) is 0.491. The molecular weight excluding hydrogens is 444 g/mol. The lowest BCUT2D eigenvalue weighted by molar-refractivity contribution is 0.0694. The fourth-order valence-electron chi connectivity index (χ4n) is 2.96. The summed E-state index contributed by atoms with van der Waals surface area (Å²) in [7, 11) is 0. The van der Waals surface area contributed by atoms with Crippen LogP contribution in [0, 0.1) is 0 Å². The summed E-state index contributed by atoms with van der Waals surface area (Å²) < 4.78 is 13.1. The molecule has 0 fully saturated rings. The highest BCUT2D eigenvalue weighted by Crippen LogP contribution is 2.37. The van der Waals surface area contributed by atoms with E-state index in [4.69, 9.17) is 26.2 Å². The molecule has 3 heterocycles. The summed E-state index contributed by atoms with van der Waals surface area (Å²) in [5.41, 5.74) is 0.880. The van der Waals surface area contributed by atoms with Crippen molar-refractivity contribution in [3.8, 4) is 22.9 Å². The first-order valence-corrected chi connectivity index (χ1v) is 11.3. The van der Waals surface area contributed by atoms with Crippen molar-refractivity contribution in [1.29, 1.82) is 0 Å². The highest BCUT2D eigenvalue weighted by molar-refractivity contribution is 6.31. The third-order valence-corrected chi connectivity index (χ3v) is 4.61. The monoisotopic (exact) mass is 472 g/mol. The van der Waals surface area contributed by atoms with Crippen LogP contribution in [0.4, 0.5) is 0 Å². The zero-order valence-electron chi connectivity index (χ0n) is 19.3. The topological polar surface area (TPSA) is 90.7 Å².